The maximum atomic E-state index is 12.8. The highest BCUT2D eigenvalue weighted by molar-refractivity contribution is 7.18. The fraction of sp³-hybridized carbons (Fsp3) is 0.316. The van der Waals surface area contributed by atoms with Gasteiger partial charge in [0.2, 0.25) is 5.91 Å². The number of amides is 1. The first-order valence-corrected chi connectivity index (χ1v) is 9.22. The van der Waals surface area contributed by atoms with Crippen molar-refractivity contribution in [2.75, 3.05) is 5.32 Å². The van der Waals surface area contributed by atoms with Gasteiger partial charge in [-0.15, -0.1) is 11.3 Å². The zero-order valence-corrected chi connectivity index (χ0v) is 15.1. The Bertz CT molecular complexity index is 1050. The Morgan fingerprint density at radius 1 is 1.32 bits per heavy atom. The second-order valence-electron chi connectivity index (χ2n) is 6.51. The van der Waals surface area contributed by atoms with Gasteiger partial charge in [-0.05, 0) is 55.9 Å². The largest absolute Gasteiger partial charge is 0.324 e. The second-order valence-corrected chi connectivity index (χ2v) is 7.59. The molecule has 0 saturated heterocycles. The summed E-state index contributed by atoms with van der Waals surface area (Å²) in [6, 6.07) is 5.78. The Labute approximate surface area is 149 Å². The summed E-state index contributed by atoms with van der Waals surface area (Å²) < 4.78 is 1.41. The number of aromatic nitrogens is 2. The third-order valence-electron chi connectivity index (χ3n) is 4.88. The molecule has 0 spiro atoms. The van der Waals surface area contributed by atoms with Crippen molar-refractivity contribution < 1.29 is 4.79 Å². The first-order valence-electron chi connectivity index (χ1n) is 8.40. The molecule has 25 heavy (non-hydrogen) atoms. The first kappa shape index (κ1) is 16.0. The number of hydrogen-bond acceptors (Lipinski definition) is 4. The maximum absolute atomic E-state index is 12.8. The van der Waals surface area contributed by atoms with E-state index in [0.29, 0.717) is 5.39 Å². The third kappa shape index (κ3) is 2.76. The molecule has 0 atom stereocenters. The predicted octanol–water partition coefficient (Wildman–Crippen LogP) is 3.20. The fourth-order valence-electron chi connectivity index (χ4n) is 3.36. The van der Waals surface area contributed by atoms with E-state index in [-0.39, 0.29) is 18.0 Å². The van der Waals surface area contributed by atoms with Gasteiger partial charge in [-0.25, -0.2) is 4.98 Å². The van der Waals surface area contributed by atoms with E-state index in [9.17, 15) is 9.59 Å². The molecular formula is C19H19N3O2S. The van der Waals surface area contributed by atoms with Crippen molar-refractivity contribution in [3.63, 3.8) is 0 Å². The van der Waals surface area contributed by atoms with Crippen LogP contribution in [0.4, 0.5) is 5.69 Å². The number of nitrogens with one attached hydrogen (secondary N) is 1. The summed E-state index contributed by atoms with van der Waals surface area (Å²) in [5, 5.41) is 3.61. The van der Waals surface area contributed by atoms with E-state index in [4.69, 9.17) is 0 Å². The molecule has 1 aliphatic rings. The first-order chi connectivity index (χ1) is 12.0. The molecule has 1 aliphatic carbocycles. The van der Waals surface area contributed by atoms with Crippen molar-refractivity contribution in [2.24, 2.45) is 0 Å². The summed E-state index contributed by atoms with van der Waals surface area (Å²) in [6.45, 7) is 3.95. The standard InChI is InChI=1S/C19H19N3O2S/c1-11-5-3-7-14(12(11)2)21-16(23)9-22-10-20-18-17(19(22)24)13-6-4-8-15(13)25-18/h3,5,7,10H,4,6,8-9H2,1-2H3,(H,21,23). The van der Waals surface area contributed by atoms with E-state index in [0.717, 1.165) is 46.5 Å². The molecular weight excluding hydrogens is 334 g/mol. The molecule has 3 aromatic rings. The van der Waals surface area contributed by atoms with Gasteiger partial charge in [0.15, 0.2) is 0 Å². The molecule has 1 aromatic carbocycles. The topological polar surface area (TPSA) is 64.0 Å². The zero-order valence-electron chi connectivity index (χ0n) is 14.3. The van der Waals surface area contributed by atoms with Crippen LogP contribution in [0.15, 0.2) is 29.3 Å². The van der Waals surface area contributed by atoms with Crippen LogP contribution < -0.4 is 10.9 Å². The number of fused-ring (bicyclic) bond motifs is 3. The molecule has 2 aromatic heterocycles. The molecule has 1 N–H and O–H groups in total. The second kappa shape index (κ2) is 6.11. The number of rotatable bonds is 3. The van der Waals surface area contributed by atoms with Gasteiger partial charge in [0.25, 0.3) is 5.56 Å². The Morgan fingerprint density at radius 3 is 3.00 bits per heavy atom. The van der Waals surface area contributed by atoms with Crippen LogP contribution in [0.1, 0.15) is 28.0 Å². The minimum Gasteiger partial charge on any atom is -0.324 e. The lowest BCUT2D eigenvalue weighted by Gasteiger charge is -2.11. The van der Waals surface area contributed by atoms with Crippen molar-refractivity contribution in [1.82, 2.24) is 9.55 Å². The number of anilines is 1. The van der Waals surface area contributed by atoms with E-state index in [1.807, 2.05) is 32.0 Å². The van der Waals surface area contributed by atoms with Crippen LogP contribution in [0.5, 0.6) is 0 Å². The summed E-state index contributed by atoms with van der Waals surface area (Å²) in [5.74, 6) is -0.219. The minimum absolute atomic E-state index is 0.0280. The highest BCUT2D eigenvalue weighted by Gasteiger charge is 2.21. The molecule has 6 heteroatoms. The van der Waals surface area contributed by atoms with E-state index in [1.165, 1.54) is 15.8 Å². The molecule has 0 aliphatic heterocycles. The van der Waals surface area contributed by atoms with Gasteiger partial charge in [0.05, 0.1) is 11.7 Å². The number of hydrogen-bond donors (Lipinski definition) is 1. The Balaban J connectivity index is 1.62. The van der Waals surface area contributed by atoms with Gasteiger partial charge < -0.3 is 5.32 Å². The quantitative estimate of drug-likeness (QED) is 0.786. The average Bonchev–Trinajstić information content (AvgIpc) is 3.15. The summed E-state index contributed by atoms with van der Waals surface area (Å²) in [7, 11) is 0. The van der Waals surface area contributed by atoms with Gasteiger partial charge >= 0.3 is 0 Å². The van der Waals surface area contributed by atoms with Crippen LogP contribution >= 0.6 is 11.3 Å². The molecule has 0 fully saturated rings. The van der Waals surface area contributed by atoms with E-state index >= 15 is 0 Å². The fourth-order valence-corrected chi connectivity index (χ4v) is 4.58. The van der Waals surface area contributed by atoms with Gasteiger partial charge in [-0.3, -0.25) is 14.2 Å². The number of nitrogens with zero attached hydrogens (tertiary/aromatic N) is 2. The van der Waals surface area contributed by atoms with E-state index in [2.05, 4.69) is 10.3 Å². The highest BCUT2D eigenvalue weighted by Crippen LogP contribution is 2.34. The number of benzene rings is 1. The molecule has 2 heterocycles. The number of carbonyl (C=O) groups excluding carboxylic acids is 1. The van der Waals surface area contributed by atoms with Gasteiger partial charge in [-0.2, -0.15) is 0 Å². The molecule has 0 radical (unpaired) electrons. The van der Waals surface area contributed by atoms with Crippen LogP contribution in [0, 0.1) is 13.8 Å². The highest BCUT2D eigenvalue weighted by atomic mass is 32.1. The number of thiophene rings is 1. The summed E-state index contributed by atoms with van der Waals surface area (Å²) in [4.78, 5) is 31.7. The molecule has 5 nitrogen and oxygen atoms in total. The van der Waals surface area contributed by atoms with Crippen LogP contribution in [-0.4, -0.2) is 15.5 Å². The minimum atomic E-state index is -0.219. The van der Waals surface area contributed by atoms with Crippen molar-refractivity contribution in [2.45, 2.75) is 39.7 Å². The SMILES string of the molecule is Cc1cccc(NC(=O)Cn2cnc3sc4c(c3c2=O)CCC4)c1C. The van der Waals surface area contributed by atoms with Gasteiger partial charge in [0.1, 0.15) is 11.4 Å². The van der Waals surface area contributed by atoms with Crippen LogP contribution in [0.25, 0.3) is 10.2 Å². The molecule has 128 valence electrons. The van der Waals surface area contributed by atoms with Crippen LogP contribution in [0.2, 0.25) is 0 Å². The van der Waals surface area contributed by atoms with Gasteiger partial charge in [-0.1, -0.05) is 12.1 Å². The lowest BCUT2D eigenvalue weighted by atomic mass is 10.1. The van der Waals surface area contributed by atoms with Crippen LogP contribution in [-0.2, 0) is 24.2 Å². The van der Waals surface area contributed by atoms with E-state index < -0.39 is 0 Å². The Morgan fingerprint density at radius 2 is 2.16 bits per heavy atom. The molecule has 0 saturated carbocycles. The molecule has 0 unspecified atom stereocenters. The number of carbonyl (C=O) groups is 1. The smallest absolute Gasteiger partial charge is 0.262 e. The summed E-state index contributed by atoms with van der Waals surface area (Å²) in [5.41, 5.74) is 3.96. The normalized spacial score (nSPS) is 13.2. The molecule has 0 bridgehead atoms. The predicted molar refractivity (Wildman–Crippen MR) is 100 cm³/mol. The summed E-state index contributed by atoms with van der Waals surface area (Å²) >= 11 is 1.61. The Kier molecular flexibility index (Phi) is 3.92. The molecule has 4 rings (SSSR count). The summed E-state index contributed by atoms with van der Waals surface area (Å²) in [6.07, 6.45) is 4.55. The van der Waals surface area contributed by atoms with Crippen molar-refractivity contribution in [1.29, 1.82) is 0 Å². The number of aryl methyl sites for hydroxylation is 3. The zero-order chi connectivity index (χ0) is 17.6. The Hall–Kier alpha value is -2.47. The lowest BCUT2D eigenvalue weighted by Crippen LogP contribution is -2.28. The van der Waals surface area contributed by atoms with Crippen LogP contribution in [0.3, 0.4) is 0 Å². The third-order valence-corrected chi connectivity index (χ3v) is 6.08. The van der Waals surface area contributed by atoms with Crippen molar-refractivity contribution >= 4 is 33.1 Å². The lowest BCUT2D eigenvalue weighted by molar-refractivity contribution is -0.116. The van der Waals surface area contributed by atoms with E-state index in [1.54, 1.807) is 11.3 Å². The van der Waals surface area contributed by atoms with Crippen molar-refractivity contribution in [3.8, 4) is 0 Å². The average molecular weight is 353 g/mol. The monoisotopic (exact) mass is 353 g/mol. The van der Waals surface area contributed by atoms with Crippen molar-refractivity contribution in [3.05, 3.63) is 56.4 Å². The maximum Gasteiger partial charge on any atom is 0.262 e. The molecule has 1 amide bonds. The van der Waals surface area contributed by atoms with Gasteiger partial charge in [0, 0.05) is 10.6 Å².